The van der Waals surface area contributed by atoms with Gasteiger partial charge in [0.25, 0.3) is 5.91 Å². The van der Waals surface area contributed by atoms with Crippen molar-refractivity contribution in [1.29, 1.82) is 0 Å². The average molecular weight is 353 g/mol. The molecule has 0 aliphatic heterocycles. The number of sulfonamides is 1. The van der Waals surface area contributed by atoms with Gasteiger partial charge in [-0.05, 0) is 23.8 Å². The predicted octanol–water partition coefficient (Wildman–Crippen LogP) is 2.98. The maximum absolute atomic E-state index is 12.5. The molecule has 2 aromatic rings. The topological polar surface area (TPSA) is 66.5 Å². The predicted molar refractivity (Wildman–Crippen MR) is 92.2 cm³/mol. The molecule has 122 valence electrons. The molecule has 0 atom stereocenters. The standard InChI is InChI=1S/C16H17ClN2O3S/c1-19(11-12-6-4-3-5-7-12)16(20)14-9-8-13(10-15(14)17)18-23(2,21)22/h3-10,18H,11H2,1-2H3. The molecule has 5 nitrogen and oxygen atoms in total. The van der Waals surface area contributed by atoms with Crippen LogP contribution in [0.5, 0.6) is 0 Å². The van der Waals surface area contributed by atoms with Gasteiger partial charge in [0.2, 0.25) is 10.0 Å². The smallest absolute Gasteiger partial charge is 0.255 e. The van der Waals surface area contributed by atoms with E-state index >= 15 is 0 Å². The van der Waals surface area contributed by atoms with Crippen molar-refractivity contribution in [3.8, 4) is 0 Å². The molecule has 1 N–H and O–H groups in total. The molecule has 0 aromatic heterocycles. The summed E-state index contributed by atoms with van der Waals surface area (Å²) in [5.74, 6) is -0.232. The van der Waals surface area contributed by atoms with Crippen molar-refractivity contribution in [2.45, 2.75) is 6.54 Å². The summed E-state index contributed by atoms with van der Waals surface area (Å²) in [5.41, 5.74) is 1.65. The van der Waals surface area contributed by atoms with Gasteiger partial charge in [0.05, 0.1) is 16.8 Å². The minimum absolute atomic E-state index is 0.198. The number of hydrogen-bond acceptors (Lipinski definition) is 3. The molecular weight excluding hydrogens is 336 g/mol. The summed E-state index contributed by atoms with van der Waals surface area (Å²) >= 11 is 6.12. The molecule has 7 heteroatoms. The number of halogens is 1. The Hall–Kier alpha value is -2.05. The van der Waals surface area contributed by atoms with Gasteiger partial charge in [-0.15, -0.1) is 0 Å². The van der Waals surface area contributed by atoms with Crippen LogP contribution >= 0.6 is 11.6 Å². The van der Waals surface area contributed by atoms with Crippen LogP contribution in [-0.2, 0) is 16.6 Å². The summed E-state index contributed by atoms with van der Waals surface area (Å²) in [5, 5.41) is 0.198. The van der Waals surface area contributed by atoms with E-state index in [1.165, 1.54) is 18.2 Å². The SMILES string of the molecule is CN(Cc1ccccc1)C(=O)c1ccc(NS(C)(=O)=O)cc1Cl. The molecule has 0 radical (unpaired) electrons. The number of anilines is 1. The van der Waals surface area contributed by atoms with Crippen molar-refractivity contribution in [3.05, 3.63) is 64.7 Å². The normalized spacial score (nSPS) is 11.1. The summed E-state index contributed by atoms with van der Waals surface area (Å²) in [4.78, 5) is 14.0. The number of nitrogens with one attached hydrogen (secondary N) is 1. The molecular formula is C16H17ClN2O3S. The molecule has 23 heavy (non-hydrogen) atoms. The van der Waals surface area contributed by atoms with E-state index in [2.05, 4.69) is 4.72 Å². The second-order valence-corrected chi connectivity index (χ2v) is 7.37. The summed E-state index contributed by atoms with van der Waals surface area (Å²) in [6.45, 7) is 0.458. The lowest BCUT2D eigenvalue weighted by Gasteiger charge is -2.18. The highest BCUT2D eigenvalue weighted by atomic mass is 35.5. The maximum atomic E-state index is 12.5. The molecule has 0 heterocycles. The Labute approximate surface area is 140 Å². The summed E-state index contributed by atoms with van der Waals surface area (Å²) in [6, 6.07) is 14.0. The molecule has 0 spiro atoms. The molecule has 2 rings (SSSR count). The van der Waals surface area contributed by atoms with Crippen molar-refractivity contribution in [1.82, 2.24) is 4.90 Å². The van der Waals surface area contributed by atoms with Gasteiger partial charge >= 0.3 is 0 Å². The quantitative estimate of drug-likeness (QED) is 0.899. The third kappa shape index (κ3) is 4.97. The number of carbonyl (C=O) groups is 1. The van der Waals surface area contributed by atoms with Gasteiger partial charge in [-0.1, -0.05) is 41.9 Å². The van der Waals surface area contributed by atoms with Crippen molar-refractivity contribution >= 4 is 33.2 Å². The molecule has 0 saturated carbocycles. The van der Waals surface area contributed by atoms with Crippen molar-refractivity contribution < 1.29 is 13.2 Å². The molecule has 0 fully saturated rings. The van der Waals surface area contributed by atoms with Gasteiger partial charge in [0, 0.05) is 19.3 Å². The Kier molecular flexibility index (Phi) is 5.28. The lowest BCUT2D eigenvalue weighted by molar-refractivity contribution is 0.0785. The van der Waals surface area contributed by atoms with Crippen LogP contribution in [0.1, 0.15) is 15.9 Å². The van der Waals surface area contributed by atoms with Crippen LogP contribution in [0.15, 0.2) is 48.5 Å². The zero-order chi connectivity index (χ0) is 17.0. The second kappa shape index (κ2) is 7.02. The highest BCUT2D eigenvalue weighted by molar-refractivity contribution is 7.92. The number of amides is 1. The van der Waals surface area contributed by atoms with Gasteiger partial charge in [0.15, 0.2) is 0 Å². The third-order valence-electron chi connectivity index (χ3n) is 3.11. The van der Waals surface area contributed by atoms with E-state index < -0.39 is 10.0 Å². The molecule has 0 bridgehead atoms. The van der Waals surface area contributed by atoms with Gasteiger partial charge in [-0.25, -0.2) is 8.42 Å². The number of nitrogens with zero attached hydrogens (tertiary/aromatic N) is 1. The highest BCUT2D eigenvalue weighted by Gasteiger charge is 2.16. The monoisotopic (exact) mass is 352 g/mol. The lowest BCUT2D eigenvalue weighted by Crippen LogP contribution is -2.26. The van der Waals surface area contributed by atoms with E-state index in [9.17, 15) is 13.2 Å². The minimum Gasteiger partial charge on any atom is -0.337 e. The molecule has 0 aliphatic rings. The van der Waals surface area contributed by atoms with Gasteiger partial charge < -0.3 is 4.90 Å². The van der Waals surface area contributed by atoms with Crippen LogP contribution < -0.4 is 4.72 Å². The van der Waals surface area contributed by atoms with Gasteiger partial charge in [-0.3, -0.25) is 9.52 Å². The summed E-state index contributed by atoms with van der Waals surface area (Å²) in [7, 11) is -1.70. The highest BCUT2D eigenvalue weighted by Crippen LogP contribution is 2.23. The zero-order valence-electron chi connectivity index (χ0n) is 12.8. The maximum Gasteiger partial charge on any atom is 0.255 e. The fourth-order valence-electron chi connectivity index (χ4n) is 2.10. The molecule has 0 aliphatic carbocycles. The van der Waals surface area contributed by atoms with Gasteiger partial charge in [0.1, 0.15) is 0 Å². The Morgan fingerprint density at radius 2 is 1.83 bits per heavy atom. The van der Waals surface area contributed by atoms with Crippen LogP contribution in [0.25, 0.3) is 0 Å². The summed E-state index contributed by atoms with van der Waals surface area (Å²) in [6.07, 6.45) is 1.05. The fraction of sp³-hybridized carbons (Fsp3) is 0.188. The van der Waals surface area contributed by atoms with Crippen LogP contribution in [0.2, 0.25) is 5.02 Å². The summed E-state index contributed by atoms with van der Waals surface area (Å²) < 4.78 is 24.7. The Morgan fingerprint density at radius 3 is 2.39 bits per heavy atom. The van der Waals surface area contributed by atoms with E-state index in [0.717, 1.165) is 11.8 Å². The second-order valence-electron chi connectivity index (χ2n) is 5.22. The number of benzene rings is 2. The van der Waals surface area contributed by atoms with Crippen LogP contribution in [0, 0.1) is 0 Å². The number of hydrogen-bond donors (Lipinski definition) is 1. The fourth-order valence-corrected chi connectivity index (χ4v) is 2.92. The van der Waals surface area contributed by atoms with Crippen LogP contribution in [0.4, 0.5) is 5.69 Å². The first-order valence-electron chi connectivity index (χ1n) is 6.83. The number of carbonyl (C=O) groups excluding carboxylic acids is 1. The first-order chi connectivity index (χ1) is 10.8. The minimum atomic E-state index is -3.39. The lowest BCUT2D eigenvalue weighted by atomic mass is 10.1. The van der Waals surface area contributed by atoms with E-state index in [1.807, 2.05) is 30.3 Å². The first-order valence-corrected chi connectivity index (χ1v) is 9.10. The molecule has 1 amide bonds. The van der Waals surface area contributed by atoms with E-state index in [4.69, 9.17) is 11.6 Å². The Bertz CT molecular complexity index is 807. The van der Waals surface area contributed by atoms with Crippen LogP contribution in [-0.4, -0.2) is 32.5 Å². The van der Waals surface area contributed by atoms with E-state index in [-0.39, 0.29) is 10.9 Å². The molecule has 0 saturated heterocycles. The number of rotatable bonds is 5. The van der Waals surface area contributed by atoms with E-state index in [0.29, 0.717) is 17.8 Å². The third-order valence-corrected chi connectivity index (χ3v) is 4.03. The van der Waals surface area contributed by atoms with Gasteiger partial charge in [-0.2, -0.15) is 0 Å². The zero-order valence-corrected chi connectivity index (χ0v) is 14.4. The Morgan fingerprint density at radius 1 is 1.17 bits per heavy atom. The van der Waals surface area contributed by atoms with Crippen LogP contribution in [0.3, 0.4) is 0 Å². The largest absolute Gasteiger partial charge is 0.337 e. The van der Waals surface area contributed by atoms with E-state index in [1.54, 1.807) is 11.9 Å². The molecule has 2 aromatic carbocycles. The van der Waals surface area contributed by atoms with Crippen molar-refractivity contribution in [2.24, 2.45) is 0 Å². The van der Waals surface area contributed by atoms with Crippen molar-refractivity contribution in [2.75, 3.05) is 18.0 Å². The average Bonchev–Trinajstić information content (AvgIpc) is 2.46. The first kappa shape index (κ1) is 17.3. The Balaban J connectivity index is 2.16. The van der Waals surface area contributed by atoms with Crippen molar-refractivity contribution in [3.63, 3.8) is 0 Å². The molecule has 0 unspecified atom stereocenters.